The van der Waals surface area contributed by atoms with Crippen LogP contribution >= 0.6 is 22.8 Å². The predicted octanol–water partition coefficient (Wildman–Crippen LogP) is 36.0. The third kappa shape index (κ3) is 96.5. The van der Waals surface area contributed by atoms with Crippen molar-refractivity contribution >= 4 is 116 Å². The summed E-state index contributed by atoms with van der Waals surface area (Å²) < 4.78 is 0. The molecule has 0 unspecified atom stereocenters. The van der Waals surface area contributed by atoms with E-state index >= 15 is 0 Å². The Balaban J connectivity index is -0.00000181. The molecule has 0 aromatic heterocycles. The van der Waals surface area contributed by atoms with Crippen LogP contribution in [0.2, 0.25) is 0 Å². The first kappa shape index (κ1) is 150. The predicted molar refractivity (Wildman–Crippen MR) is 630 cm³/mol. The Labute approximate surface area is 965 Å². The standard InChI is InChI=1S/4C30H53O2PS2.3Mo/c4*1-3-5-7-9-11-13-15-17-19-21-24-28-25-23-27-30(35-33(31,32)34)29(28)26-22-20-18-16-14-12-10-8-6-4-2;;;/h4*23,25,27H,3-22,24,26H2,1-2H3;;;/q4*-2;3*+4. The first-order chi connectivity index (χ1) is 67.9. The van der Waals surface area contributed by atoms with E-state index in [2.05, 4.69) is 79.7 Å². The Morgan fingerprint density at radius 2 is 0.252 bits per heavy atom. The summed E-state index contributed by atoms with van der Waals surface area (Å²) in [7, 11) is 3.58. The van der Waals surface area contributed by atoms with Crippen LogP contribution in [0.4, 0.5) is 0 Å². The van der Waals surface area contributed by atoms with Gasteiger partial charge in [0.05, 0.1) is 0 Å². The quantitative estimate of drug-likeness (QED) is 0.0134. The van der Waals surface area contributed by atoms with Crippen LogP contribution in [0.15, 0.2) is 92.4 Å². The van der Waals surface area contributed by atoms with E-state index in [-0.39, 0.29) is 63.2 Å². The van der Waals surface area contributed by atoms with Gasteiger partial charge >= 0.3 is 63.2 Å². The number of hydrogen-bond acceptors (Lipinski definition) is 12. The fraction of sp³-hybridized carbons (Fsp3) is 0.800. The van der Waals surface area contributed by atoms with Crippen molar-refractivity contribution in [2.45, 2.75) is 640 Å². The maximum Gasteiger partial charge on any atom is 4.00 e. The molecule has 0 fully saturated rings. The van der Waals surface area contributed by atoms with Gasteiger partial charge in [-0.1, -0.05) is 566 Å². The largest absolute Gasteiger partial charge is 4.00 e. The topological polar surface area (TPSA) is 184 Å². The molecule has 0 heterocycles. The normalized spacial score (nSPS) is 11.6. The van der Waals surface area contributed by atoms with Gasteiger partial charge in [0.15, 0.2) is 0 Å². The van der Waals surface area contributed by atoms with Gasteiger partial charge in [-0.15, -0.1) is 22.8 Å². The van der Waals surface area contributed by atoms with Crippen LogP contribution < -0.4 is 39.1 Å². The number of unbranched alkanes of at least 4 members (excludes halogenated alkanes) is 72. The second-order valence-electron chi connectivity index (χ2n) is 41.2. The van der Waals surface area contributed by atoms with Crippen LogP contribution in [0.3, 0.4) is 0 Å². The van der Waals surface area contributed by atoms with Crippen molar-refractivity contribution < 1.29 is 102 Å². The van der Waals surface area contributed by atoms with E-state index in [1.54, 1.807) is 0 Å². The summed E-state index contributed by atoms with van der Waals surface area (Å²) in [6.45, 7) is 18.2. The molecule has 0 aliphatic carbocycles. The van der Waals surface area contributed by atoms with Crippen molar-refractivity contribution in [3.63, 3.8) is 0 Å². The molecule has 0 amide bonds. The molecule has 0 saturated heterocycles. The van der Waals surface area contributed by atoms with Gasteiger partial charge in [-0.05, 0) is 125 Å². The number of hydrogen-bond donors (Lipinski definition) is 0. The molecule has 0 N–H and O–H groups in total. The number of aryl methyl sites for hydroxylation is 4. The third-order valence-corrected chi connectivity index (χ3v) is 39.0. The molecular formula is C120H212Mo3O8P4S8+4. The van der Waals surface area contributed by atoms with E-state index < -0.39 is 22.8 Å². The summed E-state index contributed by atoms with van der Waals surface area (Å²) >= 11 is 18.9. The van der Waals surface area contributed by atoms with Crippen LogP contribution in [-0.2, 0) is 207 Å². The Morgan fingerprint density at radius 1 is 0.154 bits per heavy atom. The van der Waals surface area contributed by atoms with Crippen molar-refractivity contribution in [3.05, 3.63) is 117 Å². The zero-order valence-corrected chi connectivity index (χ0v) is 109. The Hall–Kier alpha value is 2.62. The van der Waals surface area contributed by atoms with E-state index in [9.17, 15) is 39.1 Å². The van der Waals surface area contributed by atoms with Crippen molar-refractivity contribution in [2.75, 3.05) is 0 Å². The molecule has 23 heteroatoms. The van der Waals surface area contributed by atoms with Crippen molar-refractivity contribution in [1.82, 2.24) is 0 Å². The zero-order valence-electron chi connectivity index (χ0n) is 92.7. The monoisotopic (exact) mass is 2460 g/mol. The molecule has 0 aliphatic heterocycles. The van der Waals surface area contributed by atoms with Crippen molar-refractivity contribution in [3.8, 4) is 0 Å². The maximum atomic E-state index is 11.9. The minimum absolute atomic E-state index is 0. The first-order valence-corrected chi connectivity index (χ1v) is 75.4. The average Bonchev–Trinajstić information content (AvgIpc) is 0.848. The van der Waals surface area contributed by atoms with Gasteiger partial charge in [0.1, 0.15) is 43.8 Å². The summed E-state index contributed by atoms with van der Waals surface area (Å²) in [6, 6.07) is 24.7. The second-order valence-corrected chi connectivity index (χ2v) is 63.8. The van der Waals surface area contributed by atoms with Gasteiger partial charge < -0.3 is 88.1 Å². The molecule has 0 bridgehead atoms. The molecule has 0 aliphatic rings. The van der Waals surface area contributed by atoms with E-state index in [1.165, 1.54) is 532 Å². The second kappa shape index (κ2) is 107. The summed E-state index contributed by atoms with van der Waals surface area (Å²) in [5, 5.41) is 0. The summed E-state index contributed by atoms with van der Waals surface area (Å²) in [5.74, 6) is 0. The van der Waals surface area contributed by atoms with Crippen LogP contribution in [0.25, 0.3) is 0 Å². The maximum absolute atomic E-state index is 11.9. The number of rotatable bonds is 92. The Kier molecular flexibility index (Phi) is 113. The summed E-state index contributed by atoms with van der Waals surface area (Å²) in [6.07, 6.45) is 114. The minimum Gasteiger partial charge on any atom is -0.815 e. The molecule has 822 valence electrons. The molecule has 0 spiro atoms. The fourth-order valence-electron chi connectivity index (χ4n) is 19.7. The van der Waals surface area contributed by atoms with Crippen molar-refractivity contribution in [1.29, 1.82) is 0 Å². The summed E-state index contributed by atoms with van der Waals surface area (Å²) in [5.41, 5.74) is -4.88. The van der Waals surface area contributed by atoms with Gasteiger partial charge in [0.25, 0.3) is 0 Å². The Morgan fingerprint density at radius 3 is 0.357 bits per heavy atom. The SMILES string of the molecule is CCCCCCCCCCCCc1cccc([S+]=P([O-])([O-])[S-])c1CCCCCCCCCCCC.CCCCCCCCCCCCc1cccc([S+]=P([O-])([O-])[S-])c1CCCCCCCCCCCC.CCCCCCCCCCCCc1cccc([S+]=P([O-])([O-])[S-])c1CCCCCCCCCCCC.CCCCCCCCCCCCc1cccc([S+]=P([O-])([O-])[S-])c1CCCCCCCCCCCC.[Mo+4].[Mo+4].[Mo+4]. The smallest absolute Gasteiger partial charge is 0.815 e. The molecule has 143 heavy (non-hydrogen) atoms. The minimum atomic E-state index is -3.80. The average molecular weight is 2450 g/mol. The Bertz CT molecular complexity index is 3210. The van der Waals surface area contributed by atoms with Gasteiger partial charge in [-0.25, -0.2) is 0 Å². The molecule has 0 saturated carbocycles. The zero-order chi connectivity index (χ0) is 102. The van der Waals surface area contributed by atoms with Gasteiger partial charge in [0, 0.05) is 46.5 Å². The molecule has 4 aromatic carbocycles. The van der Waals surface area contributed by atoms with E-state index in [4.69, 9.17) is 49.0 Å². The van der Waals surface area contributed by atoms with Crippen LogP contribution in [0.1, 0.15) is 614 Å². The van der Waals surface area contributed by atoms with Crippen molar-refractivity contribution in [2.24, 2.45) is 0 Å². The molecule has 0 atom stereocenters. The molecular weight excluding hydrogens is 2240 g/mol. The molecule has 0 radical (unpaired) electrons. The first-order valence-electron chi connectivity index (χ1n) is 59.2. The van der Waals surface area contributed by atoms with E-state index in [1.807, 2.05) is 48.5 Å². The van der Waals surface area contributed by atoms with Crippen LogP contribution in [0.5, 0.6) is 0 Å². The van der Waals surface area contributed by atoms with Gasteiger partial charge in [0.2, 0.25) is 19.6 Å². The van der Waals surface area contributed by atoms with Gasteiger partial charge in [-0.3, -0.25) is 0 Å². The van der Waals surface area contributed by atoms with Crippen LogP contribution in [0, 0.1) is 0 Å². The molecule has 4 aromatic rings. The van der Waals surface area contributed by atoms with Crippen LogP contribution in [-0.4, -0.2) is 0 Å². The van der Waals surface area contributed by atoms with Gasteiger partial charge in [-0.2, -0.15) is 0 Å². The fourth-order valence-corrected chi connectivity index (χ4v) is 30.4. The van der Waals surface area contributed by atoms with E-state index in [0.717, 1.165) is 140 Å². The molecule has 8 nitrogen and oxygen atoms in total. The number of benzene rings is 4. The molecule has 4 rings (SSSR count). The third-order valence-electron chi connectivity index (χ3n) is 28.1. The summed E-state index contributed by atoms with van der Waals surface area (Å²) in [4.78, 5) is 98.3. The van der Waals surface area contributed by atoms with E-state index in [0.29, 0.717) is 0 Å².